The van der Waals surface area contributed by atoms with Gasteiger partial charge in [-0.1, -0.05) is 48.9 Å². The fraction of sp³-hybridized carbons (Fsp3) is 0.208. The van der Waals surface area contributed by atoms with E-state index in [-0.39, 0.29) is 21.5 Å². The Labute approximate surface area is 193 Å². The molecule has 0 aliphatic carbocycles. The number of halogens is 1. The molecule has 0 saturated carbocycles. The van der Waals surface area contributed by atoms with Gasteiger partial charge in [-0.05, 0) is 60.9 Å². The summed E-state index contributed by atoms with van der Waals surface area (Å²) in [6.07, 6.45) is 0.659. The molecule has 0 spiro atoms. The zero-order valence-corrected chi connectivity index (χ0v) is 19.6. The van der Waals surface area contributed by atoms with Crippen LogP contribution in [0.25, 0.3) is 0 Å². The number of nitrogens with one attached hydrogen (secondary N) is 2. The van der Waals surface area contributed by atoms with E-state index in [2.05, 4.69) is 10.0 Å². The van der Waals surface area contributed by atoms with Crippen LogP contribution in [-0.4, -0.2) is 21.4 Å². The van der Waals surface area contributed by atoms with Gasteiger partial charge in [0.25, 0.3) is 15.9 Å². The van der Waals surface area contributed by atoms with Crippen LogP contribution in [0.3, 0.4) is 0 Å². The number of sulfonamides is 1. The normalized spacial score (nSPS) is 12.1. The SMILES string of the molecule is CC[C@@H](NC(=O)c1ccc(Cl)c(S(=O)(=O)Nc2ccccc2)c1)c1ccc(OC)c(C)c1. The topological polar surface area (TPSA) is 84.5 Å². The molecule has 3 aromatic rings. The molecule has 0 aromatic heterocycles. The number of carbonyl (C=O) groups is 1. The number of methoxy groups -OCH3 is 1. The number of hydrogen-bond acceptors (Lipinski definition) is 4. The first-order valence-electron chi connectivity index (χ1n) is 10.1. The Morgan fingerprint density at radius 2 is 1.78 bits per heavy atom. The minimum atomic E-state index is -3.98. The number of hydrogen-bond donors (Lipinski definition) is 2. The Morgan fingerprint density at radius 1 is 1.06 bits per heavy atom. The van der Waals surface area contributed by atoms with E-state index in [1.165, 1.54) is 18.2 Å². The lowest BCUT2D eigenvalue weighted by atomic mass is 10.0. The number of rotatable bonds is 8. The predicted octanol–water partition coefficient (Wildman–Crippen LogP) is 5.34. The van der Waals surface area contributed by atoms with E-state index in [4.69, 9.17) is 16.3 Å². The molecule has 168 valence electrons. The van der Waals surface area contributed by atoms with Gasteiger partial charge >= 0.3 is 0 Å². The highest BCUT2D eigenvalue weighted by Gasteiger charge is 2.22. The van der Waals surface area contributed by atoms with Crippen molar-refractivity contribution >= 4 is 33.2 Å². The third-order valence-corrected chi connectivity index (χ3v) is 6.91. The van der Waals surface area contributed by atoms with Crippen LogP contribution in [0.4, 0.5) is 5.69 Å². The highest BCUT2D eigenvalue weighted by molar-refractivity contribution is 7.92. The summed E-state index contributed by atoms with van der Waals surface area (Å²) in [6, 6.07) is 18.2. The summed E-state index contributed by atoms with van der Waals surface area (Å²) in [5, 5.41) is 3.00. The fourth-order valence-electron chi connectivity index (χ4n) is 3.35. The van der Waals surface area contributed by atoms with E-state index in [0.29, 0.717) is 12.1 Å². The van der Waals surface area contributed by atoms with Crippen LogP contribution in [0.1, 0.15) is 40.9 Å². The van der Waals surface area contributed by atoms with Crippen molar-refractivity contribution in [2.45, 2.75) is 31.2 Å². The van der Waals surface area contributed by atoms with Gasteiger partial charge in [-0.2, -0.15) is 0 Å². The van der Waals surface area contributed by atoms with E-state index in [9.17, 15) is 13.2 Å². The van der Waals surface area contributed by atoms with Crippen molar-refractivity contribution < 1.29 is 17.9 Å². The van der Waals surface area contributed by atoms with E-state index in [0.717, 1.165) is 16.9 Å². The summed E-state index contributed by atoms with van der Waals surface area (Å²) in [4.78, 5) is 12.8. The minimum absolute atomic E-state index is 0.0304. The first-order chi connectivity index (χ1) is 15.2. The lowest BCUT2D eigenvalue weighted by molar-refractivity contribution is 0.0935. The van der Waals surface area contributed by atoms with Crippen molar-refractivity contribution in [1.82, 2.24) is 5.32 Å². The van der Waals surface area contributed by atoms with Crippen molar-refractivity contribution in [2.24, 2.45) is 0 Å². The summed E-state index contributed by atoms with van der Waals surface area (Å²) in [5.41, 5.74) is 2.50. The molecule has 3 rings (SSSR count). The number of amides is 1. The summed E-state index contributed by atoms with van der Waals surface area (Å²) >= 11 is 6.16. The van der Waals surface area contributed by atoms with Gasteiger partial charge in [0.1, 0.15) is 10.6 Å². The summed E-state index contributed by atoms with van der Waals surface area (Å²) in [7, 11) is -2.36. The average Bonchev–Trinajstić information content (AvgIpc) is 2.77. The Bertz CT molecular complexity index is 1210. The van der Waals surface area contributed by atoms with Crippen LogP contribution in [-0.2, 0) is 10.0 Å². The molecule has 0 bridgehead atoms. The standard InChI is InChI=1S/C24H25ClN2O4S/c1-4-21(17-11-13-22(31-3)16(2)14-17)26-24(28)18-10-12-20(25)23(15-18)32(29,30)27-19-8-6-5-7-9-19/h5-15,21,27H,4H2,1-3H3,(H,26,28)/t21-/m1/s1. The summed E-state index contributed by atoms with van der Waals surface area (Å²) in [6.45, 7) is 3.90. The molecule has 3 aromatic carbocycles. The Balaban J connectivity index is 1.85. The number of carbonyl (C=O) groups excluding carboxylic acids is 1. The molecule has 2 N–H and O–H groups in total. The quantitative estimate of drug-likeness (QED) is 0.463. The minimum Gasteiger partial charge on any atom is -0.496 e. The molecule has 0 fully saturated rings. The van der Waals surface area contributed by atoms with Gasteiger partial charge in [-0.25, -0.2) is 8.42 Å². The maximum absolute atomic E-state index is 13.0. The smallest absolute Gasteiger partial charge is 0.263 e. The molecule has 1 atom stereocenters. The molecular weight excluding hydrogens is 448 g/mol. The predicted molar refractivity (Wildman–Crippen MR) is 127 cm³/mol. The number of para-hydroxylation sites is 1. The highest BCUT2D eigenvalue weighted by atomic mass is 35.5. The van der Waals surface area contributed by atoms with Crippen LogP contribution in [0.5, 0.6) is 5.75 Å². The second-order valence-corrected chi connectivity index (χ2v) is 9.34. The van der Waals surface area contributed by atoms with Gasteiger partial charge in [0.2, 0.25) is 0 Å². The van der Waals surface area contributed by atoms with E-state index >= 15 is 0 Å². The molecule has 0 radical (unpaired) electrons. The third kappa shape index (κ3) is 5.41. The zero-order chi connectivity index (χ0) is 23.3. The fourth-order valence-corrected chi connectivity index (χ4v) is 4.93. The van der Waals surface area contributed by atoms with E-state index in [1.807, 2.05) is 32.0 Å². The molecule has 0 saturated heterocycles. The lowest BCUT2D eigenvalue weighted by Crippen LogP contribution is -2.28. The van der Waals surface area contributed by atoms with Crippen LogP contribution < -0.4 is 14.8 Å². The number of benzene rings is 3. The molecule has 0 aliphatic rings. The number of anilines is 1. The number of aryl methyl sites for hydroxylation is 1. The first kappa shape index (κ1) is 23.6. The zero-order valence-electron chi connectivity index (χ0n) is 18.1. The third-order valence-electron chi connectivity index (χ3n) is 5.04. The molecule has 0 aliphatic heterocycles. The molecule has 0 heterocycles. The van der Waals surface area contributed by atoms with Gasteiger partial charge in [0.05, 0.1) is 18.2 Å². The van der Waals surface area contributed by atoms with Gasteiger partial charge in [0.15, 0.2) is 0 Å². The summed E-state index contributed by atoms with van der Waals surface area (Å²) in [5.74, 6) is 0.381. The Kier molecular flexibility index (Phi) is 7.43. The van der Waals surface area contributed by atoms with Gasteiger partial charge in [0, 0.05) is 11.3 Å². The highest BCUT2D eigenvalue weighted by Crippen LogP contribution is 2.27. The summed E-state index contributed by atoms with van der Waals surface area (Å²) < 4.78 is 33.5. The van der Waals surface area contributed by atoms with Crippen LogP contribution in [0, 0.1) is 6.92 Å². The van der Waals surface area contributed by atoms with Crippen molar-refractivity contribution in [3.05, 3.63) is 88.4 Å². The van der Waals surface area contributed by atoms with Crippen molar-refractivity contribution in [3.63, 3.8) is 0 Å². The largest absolute Gasteiger partial charge is 0.496 e. The molecule has 6 nitrogen and oxygen atoms in total. The maximum atomic E-state index is 13.0. The molecule has 0 unspecified atom stereocenters. The second-order valence-electron chi connectivity index (χ2n) is 7.28. The Hall–Kier alpha value is -3.03. The van der Waals surface area contributed by atoms with Crippen molar-refractivity contribution in [1.29, 1.82) is 0 Å². The second kappa shape index (κ2) is 10.1. The average molecular weight is 473 g/mol. The molecule has 8 heteroatoms. The molecule has 32 heavy (non-hydrogen) atoms. The number of ether oxygens (including phenoxy) is 1. The maximum Gasteiger partial charge on any atom is 0.263 e. The monoisotopic (exact) mass is 472 g/mol. The van der Waals surface area contributed by atoms with Gasteiger partial charge < -0.3 is 10.1 Å². The lowest BCUT2D eigenvalue weighted by Gasteiger charge is -2.19. The van der Waals surface area contributed by atoms with Crippen molar-refractivity contribution in [2.75, 3.05) is 11.8 Å². The van der Waals surface area contributed by atoms with Crippen LogP contribution in [0.15, 0.2) is 71.6 Å². The first-order valence-corrected chi connectivity index (χ1v) is 11.9. The van der Waals surface area contributed by atoms with Crippen LogP contribution in [0.2, 0.25) is 5.02 Å². The molecule has 1 amide bonds. The van der Waals surface area contributed by atoms with Crippen molar-refractivity contribution in [3.8, 4) is 5.75 Å². The molecular formula is C24H25ClN2O4S. The van der Waals surface area contributed by atoms with Gasteiger partial charge in [-0.3, -0.25) is 9.52 Å². The van der Waals surface area contributed by atoms with Crippen LogP contribution >= 0.6 is 11.6 Å². The Morgan fingerprint density at radius 3 is 2.41 bits per heavy atom. The van der Waals surface area contributed by atoms with Gasteiger partial charge in [-0.15, -0.1) is 0 Å². The van der Waals surface area contributed by atoms with E-state index < -0.39 is 15.9 Å². The van der Waals surface area contributed by atoms with E-state index in [1.54, 1.807) is 37.4 Å².